The lowest BCUT2D eigenvalue weighted by molar-refractivity contribution is -0.313. The summed E-state index contributed by atoms with van der Waals surface area (Å²) in [6.07, 6.45) is -4.92. The highest BCUT2D eigenvalue weighted by Crippen LogP contribution is 2.41. The number of hydrogen-bond donors (Lipinski definition) is 5. The van der Waals surface area contributed by atoms with Crippen molar-refractivity contribution in [2.24, 2.45) is 0 Å². The molecule has 1 aliphatic heterocycles. The molecule has 5 N–H and O–H groups in total. The van der Waals surface area contributed by atoms with Crippen molar-refractivity contribution >= 4 is 12.0 Å². The molecule has 11 heteroatoms. The largest absolute Gasteiger partial charge is 0.508 e. The average molecular weight is 521 g/mol. The van der Waals surface area contributed by atoms with Crippen molar-refractivity contribution in [1.29, 1.82) is 0 Å². The Morgan fingerprint density at radius 3 is 2.22 bits per heavy atom. The average Bonchev–Trinajstić information content (AvgIpc) is 2.90. The van der Waals surface area contributed by atoms with E-state index in [0.29, 0.717) is 17.5 Å². The molecule has 3 rings (SSSR count). The number of phenols is 2. The van der Waals surface area contributed by atoms with E-state index in [-0.39, 0.29) is 23.0 Å². The van der Waals surface area contributed by atoms with Gasteiger partial charge < -0.3 is 49.2 Å². The van der Waals surface area contributed by atoms with Gasteiger partial charge in [0.2, 0.25) is 5.75 Å². The molecule has 2 aromatic carbocycles. The van der Waals surface area contributed by atoms with Crippen molar-refractivity contribution in [2.45, 2.75) is 50.2 Å². The van der Waals surface area contributed by atoms with Crippen molar-refractivity contribution in [1.82, 2.24) is 0 Å². The highest BCUT2D eigenvalue weighted by Gasteiger charge is 2.47. The minimum atomic E-state index is -1.60. The third-order valence-electron chi connectivity index (χ3n) is 5.92. The van der Waals surface area contributed by atoms with Crippen LogP contribution in [-0.4, -0.2) is 83.0 Å². The smallest absolute Gasteiger partial charge is 0.331 e. The van der Waals surface area contributed by atoms with Crippen molar-refractivity contribution in [3.05, 3.63) is 53.6 Å². The molecule has 0 amide bonds. The number of aromatic hydroxyl groups is 2. The van der Waals surface area contributed by atoms with Crippen molar-refractivity contribution in [3.63, 3.8) is 0 Å². The first-order valence-corrected chi connectivity index (χ1v) is 11.6. The van der Waals surface area contributed by atoms with Crippen LogP contribution >= 0.6 is 0 Å². The summed E-state index contributed by atoms with van der Waals surface area (Å²) < 4.78 is 27.3. The second-order valence-corrected chi connectivity index (χ2v) is 8.34. The molecule has 1 aliphatic rings. The summed E-state index contributed by atoms with van der Waals surface area (Å²) in [7, 11) is 2.77. The summed E-state index contributed by atoms with van der Waals surface area (Å²) >= 11 is 0. The maximum absolute atomic E-state index is 12.4. The summed E-state index contributed by atoms with van der Waals surface area (Å²) in [4.78, 5) is 12.4. The molecule has 0 bridgehead atoms. The van der Waals surface area contributed by atoms with Crippen molar-refractivity contribution in [3.8, 4) is 23.0 Å². The van der Waals surface area contributed by atoms with E-state index in [1.807, 2.05) is 6.92 Å². The molecule has 0 spiro atoms. The van der Waals surface area contributed by atoms with Crippen LogP contribution in [0.2, 0.25) is 0 Å². The molecule has 6 atom stereocenters. The Balaban J connectivity index is 1.78. The van der Waals surface area contributed by atoms with Gasteiger partial charge in [0.25, 0.3) is 0 Å². The molecule has 1 fully saturated rings. The fourth-order valence-electron chi connectivity index (χ4n) is 3.90. The standard InChI is InChI=1S/C26H32O11/c1-4-17(15-11-18(33-2)22(30)19(12-15)34-3)35-26-24(32)25(23(31)20(13-27)36-26)37-21(29)10-7-14-5-8-16(28)9-6-14/h5-12,17,20,23-28,30-32H,4,13H2,1-3H3/t17?,20-,23-,24-,25+,26-/m1/s1. The van der Waals surface area contributed by atoms with Crippen LogP contribution in [0.15, 0.2) is 42.5 Å². The number of ether oxygens (including phenoxy) is 5. The van der Waals surface area contributed by atoms with E-state index in [9.17, 15) is 30.3 Å². The molecule has 0 saturated carbocycles. The van der Waals surface area contributed by atoms with Crippen LogP contribution in [0.4, 0.5) is 0 Å². The maximum atomic E-state index is 12.4. The first kappa shape index (κ1) is 28.2. The van der Waals surface area contributed by atoms with E-state index in [1.165, 1.54) is 32.4 Å². The predicted molar refractivity (Wildman–Crippen MR) is 130 cm³/mol. The third-order valence-corrected chi connectivity index (χ3v) is 5.92. The Hall–Kier alpha value is -3.35. The van der Waals surface area contributed by atoms with Crippen LogP contribution in [0, 0.1) is 0 Å². The fraction of sp³-hybridized carbons (Fsp3) is 0.423. The van der Waals surface area contributed by atoms with Gasteiger partial charge in [-0.3, -0.25) is 0 Å². The number of carbonyl (C=O) groups excluding carboxylic acids is 1. The van der Waals surface area contributed by atoms with Crippen LogP contribution in [0.3, 0.4) is 0 Å². The number of rotatable bonds is 10. The molecule has 37 heavy (non-hydrogen) atoms. The molecule has 1 saturated heterocycles. The molecule has 0 radical (unpaired) electrons. The molecule has 0 aliphatic carbocycles. The van der Waals surface area contributed by atoms with Crippen LogP contribution in [0.25, 0.3) is 6.08 Å². The second-order valence-electron chi connectivity index (χ2n) is 8.34. The molecule has 2 aromatic rings. The van der Waals surface area contributed by atoms with E-state index in [1.54, 1.807) is 24.3 Å². The number of aliphatic hydroxyl groups is 3. The van der Waals surface area contributed by atoms with Crippen LogP contribution in [-0.2, 0) is 19.0 Å². The van der Waals surface area contributed by atoms with Gasteiger partial charge in [0.1, 0.15) is 24.1 Å². The minimum absolute atomic E-state index is 0.0730. The topological polar surface area (TPSA) is 164 Å². The Kier molecular flexibility index (Phi) is 9.73. The zero-order valence-electron chi connectivity index (χ0n) is 20.7. The van der Waals surface area contributed by atoms with Crippen LogP contribution in [0.1, 0.15) is 30.6 Å². The van der Waals surface area contributed by atoms with Crippen LogP contribution < -0.4 is 9.47 Å². The SMILES string of the molecule is CCC(O[C@@H]1O[C@H](CO)[C@@H](O)[C@H](OC(=O)C=Cc2ccc(O)cc2)[C@H]1O)c1cc(OC)c(O)c(OC)c1. The molecule has 0 aromatic heterocycles. The summed E-state index contributed by atoms with van der Waals surface area (Å²) in [6.45, 7) is 1.19. The molecule has 1 heterocycles. The van der Waals surface area contributed by atoms with E-state index in [2.05, 4.69) is 0 Å². The first-order valence-electron chi connectivity index (χ1n) is 11.6. The number of hydrogen-bond acceptors (Lipinski definition) is 11. The zero-order valence-corrected chi connectivity index (χ0v) is 20.7. The van der Waals surface area contributed by atoms with Crippen molar-refractivity contribution in [2.75, 3.05) is 20.8 Å². The molecule has 11 nitrogen and oxygen atoms in total. The summed E-state index contributed by atoms with van der Waals surface area (Å²) in [5, 5.41) is 50.7. The van der Waals surface area contributed by atoms with Gasteiger partial charge in [-0.15, -0.1) is 0 Å². The van der Waals surface area contributed by atoms with Gasteiger partial charge in [0.15, 0.2) is 23.9 Å². The number of phenolic OH excluding ortho intramolecular Hbond substituents is 2. The van der Waals surface area contributed by atoms with E-state index < -0.39 is 49.4 Å². The number of aliphatic hydroxyl groups excluding tert-OH is 3. The Morgan fingerprint density at radius 2 is 1.68 bits per heavy atom. The van der Waals surface area contributed by atoms with Gasteiger partial charge in [0, 0.05) is 6.08 Å². The lowest BCUT2D eigenvalue weighted by Gasteiger charge is -2.42. The van der Waals surface area contributed by atoms with Crippen LogP contribution in [0.5, 0.6) is 23.0 Å². The van der Waals surface area contributed by atoms with Gasteiger partial charge in [0.05, 0.1) is 26.9 Å². The minimum Gasteiger partial charge on any atom is -0.508 e. The lowest BCUT2D eigenvalue weighted by Crippen LogP contribution is -2.60. The summed E-state index contributed by atoms with van der Waals surface area (Å²) in [5.41, 5.74) is 1.16. The van der Waals surface area contributed by atoms with Gasteiger partial charge in [-0.05, 0) is 47.9 Å². The Bertz CT molecular complexity index is 1040. The van der Waals surface area contributed by atoms with Gasteiger partial charge >= 0.3 is 5.97 Å². The number of carbonyl (C=O) groups is 1. The second kappa shape index (κ2) is 12.7. The zero-order chi connectivity index (χ0) is 27.1. The monoisotopic (exact) mass is 520 g/mol. The Labute approximate surface area is 214 Å². The molecule has 1 unspecified atom stereocenters. The van der Waals surface area contributed by atoms with E-state index in [4.69, 9.17) is 23.7 Å². The maximum Gasteiger partial charge on any atom is 0.331 e. The van der Waals surface area contributed by atoms with Gasteiger partial charge in [-0.2, -0.15) is 0 Å². The van der Waals surface area contributed by atoms with E-state index in [0.717, 1.165) is 6.08 Å². The highest BCUT2D eigenvalue weighted by atomic mass is 16.7. The number of esters is 1. The highest BCUT2D eigenvalue weighted by molar-refractivity contribution is 5.87. The number of benzene rings is 2. The summed E-state index contributed by atoms with van der Waals surface area (Å²) in [5.74, 6) is -0.666. The van der Waals surface area contributed by atoms with E-state index >= 15 is 0 Å². The van der Waals surface area contributed by atoms with Crippen molar-refractivity contribution < 1.29 is 54.0 Å². The fourth-order valence-corrected chi connectivity index (χ4v) is 3.90. The van der Waals surface area contributed by atoms with Gasteiger partial charge in [-0.1, -0.05) is 19.1 Å². The Morgan fingerprint density at radius 1 is 1.05 bits per heavy atom. The molecular weight excluding hydrogens is 488 g/mol. The lowest BCUT2D eigenvalue weighted by atomic mass is 9.98. The quantitative estimate of drug-likeness (QED) is 0.228. The van der Waals surface area contributed by atoms with Gasteiger partial charge in [-0.25, -0.2) is 4.79 Å². The summed E-state index contributed by atoms with van der Waals surface area (Å²) in [6, 6.07) is 9.17. The molecule has 202 valence electrons. The normalized spacial score (nSPS) is 24.5. The first-order chi connectivity index (χ1) is 17.7. The molecular formula is C26H32O11. The predicted octanol–water partition coefficient (Wildman–Crippen LogP) is 1.65. The number of methoxy groups -OCH3 is 2. The third kappa shape index (κ3) is 6.70.